The molecule has 0 fully saturated rings. The molecule has 6 aromatic rings. The van der Waals surface area contributed by atoms with Crippen molar-refractivity contribution in [2.45, 2.75) is 18.9 Å². The van der Waals surface area contributed by atoms with E-state index in [1.54, 1.807) is 17.1 Å². The fraction of sp³-hybridized carbons (Fsp3) is 0.0968. The van der Waals surface area contributed by atoms with Gasteiger partial charge >= 0.3 is 0 Å². The molecule has 0 spiro atoms. The molecule has 4 heterocycles. The van der Waals surface area contributed by atoms with E-state index in [1.807, 2.05) is 59.3 Å². The molecule has 1 amide bonds. The summed E-state index contributed by atoms with van der Waals surface area (Å²) in [6.45, 7) is 0. The topological polar surface area (TPSA) is 161 Å². The molecule has 4 N–H and O–H groups in total. The van der Waals surface area contributed by atoms with Crippen LogP contribution in [0.15, 0.2) is 85.3 Å². The largest absolute Gasteiger partial charge is 0.507 e. The van der Waals surface area contributed by atoms with Gasteiger partial charge in [0, 0.05) is 29.8 Å². The highest BCUT2D eigenvalue weighted by molar-refractivity contribution is 5.95. The molecule has 42 heavy (non-hydrogen) atoms. The number of nitrogens with two attached hydrogens (primary N) is 1. The summed E-state index contributed by atoms with van der Waals surface area (Å²) in [6.07, 6.45) is 6.66. The molecule has 0 saturated heterocycles. The molecule has 1 aliphatic rings. The van der Waals surface area contributed by atoms with Crippen LogP contribution in [0.1, 0.15) is 39.5 Å². The van der Waals surface area contributed by atoms with Crippen LogP contribution in [0.4, 0.5) is 5.82 Å². The minimum absolute atomic E-state index is 0.0565. The summed E-state index contributed by atoms with van der Waals surface area (Å²) in [7, 11) is 0. The number of nitrogens with one attached hydrogen (secondary N) is 1. The second kappa shape index (κ2) is 9.87. The summed E-state index contributed by atoms with van der Waals surface area (Å²) in [5, 5.41) is 26.4. The number of carbonyl (C=O) groups is 1. The quantitative estimate of drug-likeness (QED) is 0.286. The van der Waals surface area contributed by atoms with Crippen molar-refractivity contribution in [2.75, 3.05) is 5.73 Å². The predicted octanol–water partition coefficient (Wildman–Crippen LogP) is 4.24. The molecule has 1 atom stereocenters. The molecule has 7 rings (SSSR count). The standard InChI is InChI=1S/C31H23N9O2/c32-17-20-15-19(5-10-26(20)41)31(42)37-24-8-4-18-16-21(6-7-22(18)24)40-29(23-3-1-12-34-28(23)33)36-25-9-11-27(38-30(25)40)39-14-2-13-35-39/h1-3,5-7,9-16,24,41H,4,8H2,(H2,33,34)(H,37,42)/t24-/m0/s1. The number of nitrogens with zero attached hydrogens (tertiary/aromatic N) is 7. The van der Waals surface area contributed by atoms with E-state index in [2.05, 4.69) is 21.5 Å². The molecular formula is C31H23N9O2. The molecule has 0 aliphatic heterocycles. The Morgan fingerprint density at radius 1 is 1.07 bits per heavy atom. The molecule has 4 aromatic heterocycles. The lowest BCUT2D eigenvalue weighted by Gasteiger charge is -2.16. The smallest absolute Gasteiger partial charge is 0.251 e. The summed E-state index contributed by atoms with van der Waals surface area (Å²) >= 11 is 0. The summed E-state index contributed by atoms with van der Waals surface area (Å²) in [5.41, 5.74) is 11.6. The maximum Gasteiger partial charge on any atom is 0.251 e. The van der Waals surface area contributed by atoms with E-state index in [0.717, 1.165) is 29.7 Å². The number of aryl methyl sites for hydroxylation is 1. The lowest BCUT2D eigenvalue weighted by Crippen LogP contribution is -2.27. The van der Waals surface area contributed by atoms with E-state index in [1.165, 1.54) is 18.2 Å². The minimum Gasteiger partial charge on any atom is -0.507 e. The molecule has 11 nitrogen and oxygen atoms in total. The Morgan fingerprint density at radius 2 is 1.98 bits per heavy atom. The van der Waals surface area contributed by atoms with Crippen LogP contribution < -0.4 is 11.1 Å². The van der Waals surface area contributed by atoms with Gasteiger partial charge in [-0.15, -0.1) is 0 Å². The van der Waals surface area contributed by atoms with Crippen molar-refractivity contribution in [3.63, 3.8) is 0 Å². The van der Waals surface area contributed by atoms with Crippen LogP contribution in [0, 0.1) is 11.3 Å². The Hall–Kier alpha value is -6.02. The van der Waals surface area contributed by atoms with E-state index < -0.39 is 0 Å². The number of nitriles is 1. The molecule has 0 bridgehead atoms. The van der Waals surface area contributed by atoms with Crippen LogP contribution in [0.5, 0.6) is 5.75 Å². The monoisotopic (exact) mass is 553 g/mol. The number of hydrogen-bond acceptors (Lipinski definition) is 8. The van der Waals surface area contributed by atoms with Crippen molar-refractivity contribution in [2.24, 2.45) is 0 Å². The third-order valence-corrected chi connectivity index (χ3v) is 7.46. The second-order valence-electron chi connectivity index (χ2n) is 9.96. The number of aromatic nitrogens is 6. The summed E-state index contributed by atoms with van der Waals surface area (Å²) in [5.74, 6) is 1.16. The highest BCUT2D eigenvalue weighted by Gasteiger charge is 2.26. The van der Waals surface area contributed by atoms with Crippen molar-refractivity contribution >= 4 is 22.9 Å². The number of phenolic OH excluding ortho intramolecular Hbond substituents is 1. The van der Waals surface area contributed by atoms with Crippen LogP contribution in [-0.2, 0) is 6.42 Å². The van der Waals surface area contributed by atoms with Gasteiger partial charge < -0.3 is 16.2 Å². The number of benzene rings is 2. The first kappa shape index (κ1) is 25.0. The number of nitrogen functional groups attached to an aromatic ring is 1. The van der Waals surface area contributed by atoms with Gasteiger partial charge in [-0.3, -0.25) is 9.36 Å². The molecular weight excluding hydrogens is 530 g/mol. The lowest BCUT2D eigenvalue weighted by molar-refractivity contribution is 0.0936. The maximum absolute atomic E-state index is 13.0. The number of fused-ring (bicyclic) bond motifs is 2. The average Bonchev–Trinajstić information content (AvgIpc) is 3.76. The second-order valence-corrected chi connectivity index (χ2v) is 9.96. The van der Waals surface area contributed by atoms with Gasteiger partial charge in [-0.1, -0.05) is 6.07 Å². The summed E-state index contributed by atoms with van der Waals surface area (Å²) in [6, 6.07) is 21.4. The lowest BCUT2D eigenvalue weighted by atomic mass is 10.1. The Balaban J connectivity index is 1.29. The SMILES string of the molecule is N#Cc1cc(C(=O)N[C@H]2CCc3cc(-n4c(-c5cccnc5N)nc5ccc(-n6cccn6)nc54)ccc32)ccc1O. The number of anilines is 1. The Labute approximate surface area is 239 Å². The Bertz CT molecular complexity index is 2040. The summed E-state index contributed by atoms with van der Waals surface area (Å²) in [4.78, 5) is 27.1. The predicted molar refractivity (Wildman–Crippen MR) is 155 cm³/mol. The first-order valence-electron chi connectivity index (χ1n) is 13.3. The zero-order valence-corrected chi connectivity index (χ0v) is 22.1. The summed E-state index contributed by atoms with van der Waals surface area (Å²) < 4.78 is 3.67. The molecule has 0 unspecified atom stereocenters. The van der Waals surface area contributed by atoms with Gasteiger partial charge in [0.2, 0.25) is 0 Å². The van der Waals surface area contributed by atoms with Gasteiger partial charge in [0.15, 0.2) is 17.3 Å². The first-order valence-corrected chi connectivity index (χ1v) is 13.3. The Kier molecular flexibility index (Phi) is 5.87. The molecule has 204 valence electrons. The number of rotatable bonds is 5. The first-order chi connectivity index (χ1) is 20.5. The third-order valence-electron chi connectivity index (χ3n) is 7.46. The van der Waals surface area contributed by atoms with Crippen LogP contribution in [0.3, 0.4) is 0 Å². The van der Waals surface area contributed by atoms with Gasteiger partial charge in [0.1, 0.15) is 23.2 Å². The minimum atomic E-state index is -0.307. The zero-order chi connectivity index (χ0) is 28.8. The van der Waals surface area contributed by atoms with Gasteiger partial charge in [-0.25, -0.2) is 19.6 Å². The van der Waals surface area contributed by atoms with E-state index in [0.29, 0.717) is 39.8 Å². The molecule has 0 saturated carbocycles. The number of pyridine rings is 2. The van der Waals surface area contributed by atoms with Gasteiger partial charge in [-0.2, -0.15) is 10.4 Å². The van der Waals surface area contributed by atoms with Crippen molar-refractivity contribution in [3.8, 4) is 34.7 Å². The number of aromatic hydroxyl groups is 1. The maximum atomic E-state index is 13.0. The molecule has 11 heteroatoms. The van der Waals surface area contributed by atoms with E-state index >= 15 is 0 Å². The van der Waals surface area contributed by atoms with Crippen molar-refractivity contribution in [1.29, 1.82) is 5.26 Å². The third kappa shape index (κ3) is 4.18. The highest BCUT2D eigenvalue weighted by Crippen LogP contribution is 2.36. The highest BCUT2D eigenvalue weighted by atomic mass is 16.3. The molecule has 1 aliphatic carbocycles. The van der Waals surface area contributed by atoms with Crippen LogP contribution in [0.25, 0.3) is 34.1 Å². The van der Waals surface area contributed by atoms with Crippen molar-refractivity contribution in [3.05, 3.63) is 108 Å². The normalized spacial score (nSPS) is 14.0. The van der Waals surface area contributed by atoms with Gasteiger partial charge in [0.05, 0.1) is 17.2 Å². The van der Waals surface area contributed by atoms with Crippen LogP contribution >= 0.6 is 0 Å². The van der Waals surface area contributed by atoms with E-state index in [9.17, 15) is 15.2 Å². The number of amides is 1. The Morgan fingerprint density at radius 3 is 2.79 bits per heavy atom. The number of hydrogen-bond donors (Lipinski definition) is 3. The van der Waals surface area contributed by atoms with Gasteiger partial charge in [-0.05, 0) is 84.6 Å². The van der Waals surface area contributed by atoms with Crippen molar-refractivity contribution in [1.82, 2.24) is 34.6 Å². The van der Waals surface area contributed by atoms with Crippen molar-refractivity contribution < 1.29 is 9.90 Å². The van der Waals surface area contributed by atoms with Gasteiger partial charge in [0.25, 0.3) is 5.91 Å². The fourth-order valence-corrected chi connectivity index (χ4v) is 5.41. The average molecular weight is 554 g/mol. The van der Waals surface area contributed by atoms with E-state index in [4.69, 9.17) is 15.7 Å². The fourth-order valence-electron chi connectivity index (χ4n) is 5.41. The molecule has 2 aromatic carbocycles. The van der Waals surface area contributed by atoms with Crippen LogP contribution in [0.2, 0.25) is 0 Å². The number of phenols is 1. The zero-order valence-electron chi connectivity index (χ0n) is 22.1. The number of carbonyl (C=O) groups excluding carboxylic acids is 1. The molecule has 0 radical (unpaired) electrons. The van der Waals surface area contributed by atoms with Crippen LogP contribution in [-0.4, -0.2) is 40.3 Å². The van der Waals surface area contributed by atoms with E-state index in [-0.39, 0.29) is 23.3 Å². The number of imidazole rings is 1.